The first-order valence-corrected chi connectivity index (χ1v) is 9.27. The van der Waals surface area contributed by atoms with Gasteiger partial charge in [0, 0.05) is 31.9 Å². The number of amides is 2. The number of carbonyl (C=O) groups excluding carboxylic acids is 2. The van der Waals surface area contributed by atoms with Crippen molar-refractivity contribution in [3.8, 4) is 0 Å². The number of hydrogen-bond acceptors (Lipinski definition) is 4. The van der Waals surface area contributed by atoms with Gasteiger partial charge in [0.05, 0.1) is 17.7 Å². The fourth-order valence-corrected chi connectivity index (χ4v) is 3.79. The lowest BCUT2D eigenvalue weighted by atomic mass is 10.1. The van der Waals surface area contributed by atoms with Crippen LogP contribution >= 0.6 is 11.3 Å². The van der Waals surface area contributed by atoms with Crippen molar-refractivity contribution in [3.05, 3.63) is 46.5 Å². The second-order valence-corrected chi connectivity index (χ2v) is 7.19. The minimum Gasteiger partial charge on any atom is -0.341 e. The number of rotatable bonds is 5. The SMILES string of the molecule is CN(Cc1ccccc1C(F)(F)F)C(=O)Cc1csc(N2CCCC2=O)n1. The second kappa shape index (κ2) is 7.67. The molecule has 0 atom stereocenters. The maximum atomic E-state index is 13.1. The van der Waals surface area contributed by atoms with Crippen LogP contribution in [0, 0.1) is 0 Å². The zero-order valence-corrected chi connectivity index (χ0v) is 15.4. The average molecular weight is 397 g/mol. The molecule has 5 nitrogen and oxygen atoms in total. The van der Waals surface area contributed by atoms with Crippen LogP contribution in [0.25, 0.3) is 0 Å². The third kappa shape index (κ3) is 4.47. The molecule has 2 heterocycles. The third-order valence-corrected chi connectivity index (χ3v) is 5.24. The largest absolute Gasteiger partial charge is 0.416 e. The number of hydrogen-bond donors (Lipinski definition) is 0. The molecule has 0 N–H and O–H groups in total. The van der Waals surface area contributed by atoms with Gasteiger partial charge >= 0.3 is 6.18 Å². The molecule has 0 bridgehead atoms. The van der Waals surface area contributed by atoms with Gasteiger partial charge in [-0.2, -0.15) is 13.2 Å². The van der Waals surface area contributed by atoms with Gasteiger partial charge in [-0.15, -0.1) is 11.3 Å². The third-order valence-electron chi connectivity index (χ3n) is 4.33. The van der Waals surface area contributed by atoms with Gasteiger partial charge in [0.2, 0.25) is 11.8 Å². The summed E-state index contributed by atoms with van der Waals surface area (Å²) in [6.07, 6.45) is -3.21. The molecule has 1 aliphatic heterocycles. The monoisotopic (exact) mass is 397 g/mol. The maximum absolute atomic E-state index is 13.1. The summed E-state index contributed by atoms with van der Waals surface area (Å²) in [4.78, 5) is 31.3. The summed E-state index contributed by atoms with van der Waals surface area (Å²) in [5.74, 6) is -0.320. The molecule has 144 valence electrons. The lowest BCUT2D eigenvalue weighted by Crippen LogP contribution is -2.29. The minimum absolute atomic E-state index is 0.0168. The van der Waals surface area contributed by atoms with E-state index >= 15 is 0 Å². The van der Waals surface area contributed by atoms with Gasteiger partial charge in [0.15, 0.2) is 5.13 Å². The summed E-state index contributed by atoms with van der Waals surface area (Å²) < 4.78 is 39.3. The molecular formula is C18H18F3N3O2S. The maximum Gasteiger partial charge on any atom is 0.416 e. The van der Waals surface area contributed by atoms with Crippen molar-refractivity contribution in [1.82, 2.24) is 9.88 Å². The molecule has 1 aliphatic rings. The lowest BCUT2D eigenvalue weighted by Gasteiger charge is -2.20. The Morgan fingerprint density at radius 2 is 2.07 bits per heavy atom. The normalized spacial score (nSPS) is 14.7. The Bertz CT molecular complexity index is 850. The highest BCUT2D eigenvalue weighted by atomic mass is 32.1. The molecule has 9 heteroatoms. The molecule has 0 radical (unpaired) electrons. The predicted molar refractivity (Wildman–Crippen MR) is 95.3 cm³/mol. The number of benzene rings is 1. The number of alkyl halides is 3. The predicted octanol–water partition coefficient (Wildman–Crippen LogP) is 3.49. The molecule has 0 saturated carbocycles. The van der Waals surface area contributed by atoms with Crippen LogP contribution in [0.1, 0.15) is 29.7 Å². The van der Waals surface area contributed by atoms with Gasteiger partial charge in [-0.3, -0.25) is 14.5 Å². The standard InChI is InChI=1S/C18H18F3N3O2S/c1-23(10-12-5-2-3-6-14(12)18(19,20)21)16(26)9-13-11-27-17(22-13)24-8-4-7-15(24)25/h2-3,5-6,11H,4,7-10H2,1H3. The van der Waals surface area contributed by atoms with Crippen molar-refractivity contribution in [2.75, 3.05) is 18.5 Å². The average Bonchev–Trinajstić information content (AvgIpc) is 3.23. The molecule has 27 heavy (non-hydrogen) atoms. The Morgan fingerprint density at radius 1 is 1.33 bits per heavy atom. The number of likely N-dealkylation sites (N-methyl/N-ethyl adjacent to an activating group) is 1. The summed E-state index contributed by atoms with van der Waals surface area (Å²) in [5.41, 5.74) is -0.189. The quantitative estimate of drug-likeness (QED) is 0.776. The van der Waals surface area contributed by atoms with Crippen LogP contribution in [-0.4, -0.2) is 35.3 Å². The fraction of sp³-hybridized carbons (Fsp3) is 0.389. The number of aromatic nitrogens is 1. The minimum atomic E-state index is -4.47. The van der Waals surface area contributed by atoms with Crippen molar-refractivity contribution >= 4 is 28.3 Å². The summed E-state index contributed by atoms with van der Waals surface area (Å²) in [6.45, 7) is 0.476. The highest BCUT2D eigenvalue weighted by Crippen LogP contribution is 2.32. The summed E-state index contributed by atoms with van der Waals surface area (Å²) in [6, 6.07) is 5.22. The number of halogens is 3. The fourth-order valence-electron chi connectivity index (χ4n) is 2.92. The van der Waals surface area contributed by atoms with Crippen molar-refractivity contribution < 1.29 is 22.8 Å². The molecule has 0 spiro atoms. The van der Waals surface area contributed by atoms with Crippen molar-refractivity contribution in [2.45, 2.75) is 32.0 Å². The van der Waals surface area contributed by atoms with E-state index < -0.39 is 11.7 Å². The highest BCUT2D eigenvalue weighted by Gasteiger charge is 2.33. The molecule has 1 aromatic heterocycles. The Kier molecular flexibility index (Phi) is 5.50. The van der Waals surface area contributed by atoms with Crippen LogP contribution in [-0.2, 0) is 28.7 Å². The Balaban J connectivity index is 1.65. The van der Waals surface area contributed by atoms with Crippen LogP contribution < -0.4 is 4.90 Å². The Morgan fingerprint density at radius 3 is 2.74 bits per heavy atom. The van der Waals surface area contributed by atoms with Gasteiger partial charge in [-0.1, -0.05) is 18.2 Å². The molecule has 3 rings (SSSR count). The van der Waals surface area contributed by atoms with E-state index in [0.717, 1.165) is 12.5 Å². The zero-order valence-electron chi connectivity index (χ0n) is 14.6. The molecule has 1 aromatic carbocycles. The highest BCUT2D eigenvalue weighted by molar-refractivity contribution is 7.14. The van der Waals surface area contributed by atoms with Gasteiger partial charge in [0.25, 0.3) is 0 Å². The molecule has 2 aromatic rings. The van der Waals surface area contributed by atoms with E-state index in [4.69, 9.17) is 0 Å². The smallest absolute Gasteiger partial charge is 0.341 e. The van der Waals surface area contributed by atoms with E-state index in [1.54, 1.807) is 10.3 Å². The van der Waals surface area contributed by atoms with E-state index in [1.807, 2.05) is 0 Å². The van der Waals surface area contributed by atoms with E-state index in [9.17, 15) is 22.8 Å². The number of thiazole rings is 1. The van der Waals surface area contributed by atoms with E-state index in [2.05, 4.69) is 4.98 Å². The first-order chi connectivity index (χ1) is 12.8. The summed E-state index contributed by atoms with van der Waals surface area (Å²) >= 11 is 1.29. The molecule has 1 fully saturated rings. The number of carbonyl (C=O) groups is 2. The first kappa shape index (κ1) is 19.3. The zero-order chi connectivity index (χ0) is 19.6. The summed E-state index contributed by atoms with van der Waals surface area (Å²) in [7, 11) is 1.47. The van der Waals surface area contributed by atoms with Crippen molar-refractivity contribution in [1.29, 1.82) is 0 Å². The van der Waals surface area contributed by atoms with Crippen LogP contribution in [0.2, 0.25) is 0 Å². The molecule has 0 aliphatic carbocycles. The first-order valence-electron chi connectivity index (χ1n) is 8.39. The lowest BCUT2D eigenvalue weighted by molar-refractivity contribution is -0.139. The van der Waals surface area contributed by atoms with Gasteiger partial charge in [0.1, 0.15) is 0 Å². The van der Waals surface area contributed by atoms with Gasteiger partial charge in [-0.25, -0.2) is 4.98 Å². The van der Waals surface area contributed by atoms with E-state index in [1.165, 1.54) is 41.5 Å². The molecular weight excluding hydrogens is 379 g/mol. The van der Waals surface area contributed by atoms with Crippen LogP contribution in [0.15, 0.2) is 29.6 Å². The van der Waals surface area contributed by atoms with E-state index in [0.29, 0.717) is 23.8 Å². The van der Waals surface area contributed by atoms with Gasteiger partial charge in [-0.05, 0) is 18.1 Å². The molecule has 0 unspecified atom stereocenters. The van der Waals surface area contributed by atoms with Crippen LogP contribution in [0.4, 0.5) is 18.3 Å². The number of anilines is 1. The van der Waals surface area contributed by atoms with Crippen molar-refractivity contribution in [2.24, 2.45) is 0 Å². The Hall–Kier alpha value is -2.42. The van der Waals surface area contributed by atoms with Crippen LogP contribution in [0.3, 0.4) is 0 Å². The Labute approximate surface area is 158 Å². The molecule has 2 amide bonds. The van der Waals surface area contributed by atoms with Crippen LogP contribution in [0.5, 0.6) is 0 Å². The number of nitrogens with zero attached hydrogens (tertiary/aromatic N) is 3. The van der Waals surface area contributed by atoms with E-state index in [-0.39, 0.29) is 30.3 Å². The van der Waals surface area contributed by atoms with Crippen molar-refractivity contribution in [3.63, 3.8) is 0 Å². The second-order valence-electron chi connectivity index (χ2n) is 6.35. The topological polar surface area (TPSA) is 53.5 Å². The van der Waals surface area contributed by atoms with Gasteiger partial charge < -0.3 is 4.90 Å². The molecule has 1 saturated heterocycles. The summed E-state index contributed by atoms with van der Waals surface area (Å²) in [5, 5.41) is 2.27.